The first-order valence-electron chi connectivity index (χ1n) is 7.84. The van der Waals surface area contributed by atoms with Gasteiger partial charge in [0, 0.05) is 12.3 Å². The average Bonchev–Trinajstić information content (AvgIpc) is 2.38. The maximum Gasteiger partial charge on any atom is 0.151 e. The van der Waals surface area contributed by atoms with Crippen molar-refractivity contribution in [2.75, 3.05) is 12.8 Å². The van der Waals surface area contributed by atoms with E-state index in [1.807, 2.05) is 6.92 Å². The van der Waals surface area contributed by atoms with E-state index in [0.717, 1.165) is 13.0 Å². The predicted octanol–water partition coefficient (Wildman–Crippen LogP) is 3.00. The minimum absolute atomic E-state index is 0.125. The topological polar surface area (TPSA) is 46.2 Å². The molecule has 0 aliphatic heterocycles. The summed E-state index contributed by atoms with van der Waals surface area (Å²) in [6.07, 6.45) is 8.61. The molecule has 1 fully saturated rings. The van der Waals surface area contributed by atoms with E-state index in [0.29, 0.717) is 11.8 Å². The molecule has 0 spiro atoms. The zero-order chi connectivity index (χ0) is 14.5. The molecule has 0 saturated heterocycles. The van der Waals surface area contributed by atoms with Gasteiger partial charge >= 0.3 is 0 Å². The standard InChI is InChI=1S/C15H31NO2S/c1-5-11-16-15(12(3)19(4,17)18)14-10-8-7-9-13(14)6-2/h12-16H,5-11H2,1-4H3. The van der Waals surface area contributed by atoms with Crippen molar-refractivity contribution >= 4 is 9.84 Å². The van der Waals surface area contributed by atoms with Crippen LogP contribution in [0.3, 0.4) is 0 Å². The Morgan fingerprint density at radius 3 is 2.37 bits per heavy atom. The molecule has 0 aromatic heterocycles. The second kappa shape index (κ2) is 7.63. The summed E-state index contributed by atoms with van der Waals surface area (Å²) in [5, 5.41) is 3.25. The van der Waals surface area contributed by atoms with Crippen molar-refractivity contribution in [3.05, 3.63) is 0 Å². The summed E-state index contributed by atoms with van der Waals surface area (Å²) in [6.45, 7) is 7.17. The van der Waals surface area contributed by atoms with Gasteiger partial charge in [-0.15, -0.1) is 0 Å². The zero-order valence-corrected chi connectivity index (χ0v) is 13.8. The molecule has 19 heavy (non-hydrogen) atoms. The molecule has 0 radical (unpaired) electrons. The molecule has 0 bridgehead atoms. The largest absolute Gasteiger partial charge is 0.312 e. The van der Waals surface area contributed by atoms with Crippen LogP contribution in [-0.2, 0) is 9.84 Å². The summed E-state index contributed by atoms with van der Waals surface area (Å²) in [5.41, 5.74) is 0. The Labute approximate surface area is 119 Å². The highest BCUT2D eigenvalue weighted by Gasteiger charge is 2.36. The minimum Gasteiger partial charge on any atom is -0.312 e. The van der Waals surface area contributed by atoms with Gasteiger partial charge in [-0.2, -0.15) is 0 Å². The van der Waals surface area contributed by atoms with Crippen molar-refractivity contribution in [2.45, 2.75) is 70.6 Å². The molecule has 114 valence electrons. The van der Waals surface area contributed by atoms with Crippen molar-refractivity contribution in [1.29, 1.82) is 0 Å². The predicted molar refractivity (Wildman–Crippen MR) is 82.1 cm³/mol. The molecule has 0 heterocycles. The first-order chi connectivity index (χ1) is 8.91. The highest BCUT2D eigenvalue weighted by Crippen LogP contribution is 2.36. The van der Waals surface area contributed by atoms with Gasteiger partial charge in [-0.25, -0.2) is 8.42 Å². The lowest BCUT2D eigenvalue weighted by Gasteiger charge is -2.39. The smallest absolute Gasteiger partial charge is 0.151 e. The lowest BCUT2D eigenvalue weighted by molar-refractivity contribution is 0.173. The summed E-state index contributed by atoms with van der Waals surface area (Å²) < 4.78 is 23.9. The van der Waals surface area contributed by atoms with Crippen LogP contribution in [0.5, 0.6) is 0 Å². The molecule has 0 amide bonds. The second-order valence-corrected chi connectivity index (χ2v) is 8.53. The molecule has 1 N–H and O–H groups in total. The third-order valence-electron chi connectivity index (χ3n) is 4.76. The molecule has 4 atom stereocenters. The van der Waals surface area contributed by atoms with Gasteiger partial charge < -0.3 is 5.32 Å². The van der Waals surface area contributed by atoms with Gasteiger partial charge in [-0.3, -0.25) is 0 Å². The number of hydrogen-bond donors (Lipinski definition) is 1. The van der Waals surface area contributed by atoms with Crippen LogP contribution in [0.4, 0.5) is 0 Å². The molecule has 1 aliphatic rings. The van der Waals surface area contributed by atoms with Gasteiger partial charge in [-0.05, 0) is 38.1 Å². The SMILES string of the molecule is CCCNC(C1CCCCC1CC)C(C)S(C)(=O)=O. The number of rotatable bonds is 7. The maximum absolute atomic E-state index is 11.9. The van der Waals surface area contributed by atoms with Crippen LogP contribution in [0, 0.1) is 11.8 Å². The van der Waals surface area contributed by atoms with E-state index >= 15 is 0 Å². The van der Waals surface area contributed by atoms with Crippen LogP contribution in [-0.4, -0.2) is 32.5 Å². The van der Waals surface area contributed by atoms with Crippen molar-refractivity contribution in [2.24, 2.45) is 11.8 Å². The van der Waals surface area contributed by atoms with E-state index < -0.39 is 9.84 Å². The number of hydrogen-bond acceptors (Lipinski definition) is 3. The Morgan fingerprint density at radius 2 is 1.84 bits per heavy atom. The maximum atomic E-state index is 11.9. The lowest BCUT2D eigenvalue weighted by atomic mass is 9.73. The molecule has 1 rings (SSSR count). The summed E-state index contributed by atoms with van der Waals surface area (Å²) in [5.74, 6) is 1.21. The molecular formula is C15H31NO2S. The Kier molecular flexibility index (Phi) is 6.81. The van der Waals surface area contributed by atoms with Gasteiger partial charge in [0.05, 0.1) is 5.25 Å². The van der Waals surface area contributed by atoms with Gasteiger partial charge in [-0.1, -0.05) is 39.5 Å². The van der Waals surface area contributed by atoms with Gasteiger partial charge in [0.25, 0.3) is 0 Å². The Balaban J connectivity index is 2.87. The number of nitrogens with one attached hydrogen (secondary N) is 1. The summed E-state index contributed by atoms with van der Waals surface area (Å²) in [7, 11) is -2.98. The molecule has 3 nitrogen and oxygen atoms in total. The molecular weight excluding hydrogens is 258 g/mol. The van der Waals surface area contributed by atoms with Gasteiger partial charge in [0.15, 0.2) is 9.84 Å². The highest BCUT2D eigenvalue weighted by atomic mass is 32.2. The zero-order valence-electron chi connectivity index (χ0n) is 13.0. The fraction of sp³-hybridized carbons (Fsp3) is 1.00. The van der Waals surface area contributed by atoms with E-state index in [1.165, 1.54) is 38.4 Å². The van der Waals surface area contributed by atoms with Crippen molar-refractivity contribution in [3.8, 4) is 0 Å². The van der Waals surface area contributed by atoms with Crippen LogP contribution < -0.4 is 5.32 Å². The van der Waals surface area contributed by atoms with Crippen LogP contribution in [0.25, 0.3) is 0 Å². The molecule has 0 aromatic carbocycles. The van der Waals surface area contributed by atoms with E-state index in [4.69, 9.17) is 0 Å². The fourth-order valence-electron chi connectivity index (χ4n) is 3.46. The third kappa shape index (κ3) is 4.75. The van der Waals surface area contributed by atoms with E-state index in [-0.39, 0.29) is 11.3 Å². The second-order valence-electron chi connectivity index (χ2n) is 6.13. The van der Waals surface area contributed by atoms with Gasteiger partial charge in [0.2, 0.25) is 0 Å². The van der Waals surface area contributed by atoms with Crippen LogP contribution >= 0.6 is 0 Å². The third-order valence-corrected chi connectivity index (χ3v) is 6.41. The Morgan fingerprint density at radius 1 is 1.21 bits per heavy atom. The number of sulfone groups is 1. The van der Waals surface area contributed by atoms with Crippen LogP contribution in [0.15, 0.2) is 0 Å². The summed E-state index contributed by atoms with van der Waals surface area (Å²) >= 11 is 0. The van der Waals surface area contributed by atoms with Gasteiger partial charge in [0.1, 0.15) is 0 Å². The van der Waals surface area contributed by atoms with Crippen molar-refractivity contribution < 1.29 is 8.42 Å². The van der Waals surface area contributed by atoms with Crippen LogP contribution in [0.1, 0.15) is 59.3 Å². The molecule has 0 aromatic rings. The van der Waals surface area contributed by atoms with Crippen LogP contribution in [0.2, 0.25) is 0 Å². The average molecular weight is 289 g/mol. The monoisotopic (exact) mass is 289 g/mol. The minimum atomic E-state index is -2.98. The molecule has 1 saturated carbocycles. The Bertz CT molecular complexity index is 353. The lowest BCUT2D eigenvalue weighted by Crippen LogP contribution is -2.50. The van der Waals surface area contributed by atoms with Crippen molar-refractivity contribution in [1.82, 2.24) is 5.32 Å². The van der Waals surface area contributed by atoms with Crippen molar-refractivity contribution in [3.63, 3.8) is 0 Å². The summed E-state index contributed by atoms with van der Waals surface area (Å²) in [6, 6.07) is 0.125. The fourth-order valence-corrected chi connectivity index (χ4v) is 4.29. The molecule has 4 heteroatoms. The molecule has 1 aliphatic carbocycles. The van der Waals surface area contributed by atoms with E-state index in [1.54, 1.807) is 0 Å². The first-order valence-corrected chi connectivity index (χ1v) is 9.79. The normalized spacial score (nSPS) is 28.0. The Hall–Kier alpha value is -0.0900. The first kappa shape index (κ1) is 17.0. The quantitative estimate of drug-likeness (QED) is 0.783. The molecule has 4 unspecified atom stereocenters. The highest BCUT2D eigenvalue weighted by molar-refractivity contribution is 7.91. The summed E-state index contributed by atoms with van der Waals surface area (Å²) in [4.78, 5) is 0. The van der Waals surface area contributed by atoms with E-state index in [2.05, 4.69) is 19.2 Å². The van der Waals surface area contributed by atoms with E-state index in [9.17, 15) is 8.42 Å².